The van der Waals surface area contributed by atoms with E-state index in [0.717, 1.165) is 18.5 Å². The van der Waals surface area contributed by atoms with Crippen molar-refractivity contribution in [2.24, 2.45) is 13.0 Å². The van der Waals surface area contributed by atoms with E-state index >= 15 is 0 Å². The quantitative estimate of drug-likeness (QED) is 0.306. The number of anilines is 2. The maximum Gasteiger partial charge on any atom is 0.211 e. The number of hydrogen-bond donors (Lipinski definition) is 2. The van der Waals surface area contributed by atoms with Crippen molar-refractivity contribution in [2.75, 3.05) is 12.4 Å². The molecule has 1 fully saturated rings. The van der Waals surface area contributed by atoms with Crippen molar-refractivity contribution in [1.82, 2.24) is 29.3 Å². The Morgan fingerprint density at radius 2 is 2.03 bits per heavy atom. The number of imidazole rings is 1. The van der Waals surface area contributed by atoms with Crippen LogP contribution in [0.2, 0.25) is 0 Å². The summed E-state index contributed by atoms with van der Waals surface area (Å²) in [7, 11) is 3.43. The van der Waals surface area contributed by atoms with Crippen LogP contribution in [-0.4, -0.2) is 53.4 Å². The van der Waals surface area contributed by atoms with Gasteiger partial charge in [-0.05, 0) is 25.8 Å². The van der Waals surface area contributed by atoms with Crippen LogP contribution < -0.4 is 14.8 Å². The van der Waals surface area contributed by atoms with E-state index < -0.39 is 6.10 Å². The number of carbonyl (C=O) groups excluding carboxylic acids is 1. The van der Waals surface area contributed by atoms with Crippen molar-refractivity contribution in [3.05, 3.63) is 42.0 Å². The van der Waals surface area contributed by atoms with E-state index in [-0.39, 0.29) is 17.1 Å². The third-order valence-corrected chi connectivity index (χ3v) is 6.65. The third-order valence-electron chi connectivity index (χ3n) is 6.65. The van der Waals surface area contributed by atoms with Crippen LogP contribution in [0.3, 0.4) is 0 Å². The number of pyridine rings is 2. The number of ketones is 1. The lowest BCUT2D eigenvalue weighted by Crippen LogP contribution is -2.22. The molecular weight excluding hydrogens is 498 g/mol. The summed E-state index contributed by atoms with van der Waals surface area (Å²) in [4.78, 5) is 25.7. The monoisotopic (exact) mass is 533 g/mol. The molecule has 1 aliphatic carbocycles. The number of carbonyl (C=O) groups is 1. The zero-order chi connectivity index (χ0) is 27.9. The van der Waals surface area contributed by atoms with Gasteiger partial charge in [0.25, 0.3) is 0 Å². The van der Waals surface area contributed by atoms with Gasteiger partial charge in [0.2, 0.25) is 5.95 Å². The predicted molar refractivity (Wildman–Crippen MR) is 147 cm³/mol. The second kappa shape index (κ2) is 10.3. The molecule has 39 heavy (non-hydrogen) atoms. The van der Waals surface area contributed by atoms with E-state index in [0.29, 0.717) is 58.8 Å². The van der Waals surface area contributed by atoms with Crippen molar-refractivity contribution in [3.8, 4) is 17.2 Å². The summed E-state index contributed by atoms with van der Waals surface area (Å²) in [6, 6.07) is 5.48. The van der Waals surface area contributed by atoms with Gasteiger partial charge in [0, 0.05) is 48.8 Å². The molecule has 0 aliphatic heterocycles. The fourth-order valence-electron chi connectivity index (χ4n) is 4.56. The highest BCUT2D eigenvalue weighted by Gasteiger charge is 2.29. The van der Waals surface area contributed by atoms with E-state index in [1.807, 2.05) is 22.4 Å². The van der Waals surface area contributed by atoms with Crippen LogP contribution in [0.4, 0.5) is 11.8 Å². The molecule has 0 unspecified atom stereocenters. The molecule has 1 aliphatic rings. The largest absolute Gasteiger partial charge is 0.491 e. The van der Waals surface area contributed by atoms with E-state index in [1.54, 1.807) is 38.6 Å². The Kier molecular flexibility index (Phi) is 7.02. The zero-order valence-electron chi connectivity index (χ0n) is 23.2. The van der Waals surface area contributed by atoms with Crippen molar-refractivity contribution < 1.29 is 19.4 Å². The summed E-state index contributed by atoms with van der Waals surface area (Å²) in [6.07, 6.45) is 4.93. The summed E-state index contributed by atoms with van der Waals surface area (Å²) < 4.78 is 15.6. The number of aryl methyl sites for hydroxylation is 1. The first-order valence-electron chi connectivity index (χ1n) is 13.1. The molecule has 4 aromatic rings. The lowest BCUT2D eigenvalue weighted by Gasteiger charge is -2.20. The van der Waals surface area contributed by atoms with Crippen LogP contribution in [0, 0.1) is 5.92 Å². The van der Waals surface area contributed by atoms with Gasteiger partial charge < -0.3 is 24.5 Å². The molecule has 5 rings (SSSR count). The molecule has 11 heteroatoms. The fourth-order valence-corrected chi connectivity index (χ4v) is 4.56. The van der Waals surface area contributed by atoms with E-state index in [2.05, 4.69) is 46.1 Å². The third kappa shape index (κ3) is 5.73. The van der Waals surface area contributed by atoms with Crippen LogP contribution in [0.15, 0.2) is 30.6 Å². The van der Waals surface area contributed by atoms with E-state index in [4.69, 9.17) is 9.47 Å². The van der Waals surface area contributed by atoms with Gasteiger partial charge in [0.1, 0.15) is 17.0 Å². The molecule has 0 aromatic carbocycles. The van der Waals surface area contributed by atoms with Crippen LogP contribution in [0.1, 0.15) is 51.9 Å². The normalized spacial score (nSPS) is 14.4. The van der Waals surface area contributed by atoms with E-state index in [9.17, 15) is 9.90 Å². The SMILES string of the molecule is COc1c(Oc2ccnc(CC(=O)C3CC3)c2)cnc2nc(Nc3cc(C(C)(C)C)n(C[C@@H](C)O)n3)n(C)c12. The fraction of sp³-hybridized carbons (Fsp3) is 0.464. The predicted octanol–water partition coefficient (Wildman–Crippen LogP) is 4.30. The van der Waals surface area contributed by atoms with Gasteiger partial charge in [0.05, 0.1) is 31.6 Å². The zero-order valence-corrected chi connectivity index (χ0v) is 23.2. The van der Waals surface area contributed by atoms with Crippen LogP contribution >= 0.6 is 0 Å². The number of aliphatic hydroxyl groups excluding tert-OH is 1. The summed E-state index contributed by atoms with van der Waals surface area (Å²) in [5.41, 5.74) is 2.63. The first kappa shape index (κ1) is 26.6. The minimum Gasteiger partial charge on any atom is -0.491 e. The highest BCUT2D eigenvalue weighted by molar-refractivity contribution is 5.85. The molecule has 206 valence electrons. The van der Waals surface area contributed by atoms with Gasteiger partial charge in [-0.1, -0.05) is 20.8 Å². The van der Waals surface area contributed by atoms with Crippen molar-refractivity contribution >= 4 is 28.7 Å². The highest BCUT2D eigenvalue weighted by Crippen LogP contribution is 2.38. The number of nitrogens with one attached hydrogen (secondary N) is 1. The molecule has 1 atom stereocenters. The second-order valence-electron chi connectivity index (χ2n) is 11.1. The minimum absolute atomic E-state index is 0.163. The van der Waals surface area contributed by atoms with Crippen molar-refractivity contribution in [2.45, 2.75) is 65.0 Å². The van der Waals surface area contributed by atoms with Crippen LogP contribution in [0.25, 0.3) is 11.2 Å². The van der Waals surface area contributed by atoms with Gasteiger partial charge in [-0.2, -0.15) is 10.1 Å². The molecule has 1 saturated carbocycles. The number of rotatable bonds is 10. The average molecular weight is 534 g/mol. The Morgan fingerprint density at radius 3 is 2.69 bits per heavy atom. The minimum atomic E-state index is -0.531. The Labute approximate surface area is 227 Å². The summed E-state index contributed by atoms with van der Waals surface area (Å²) in [5, 5.41) is 17.9. The molecule has 2 N–H and O–H groups in total. The Morgan fingerprint density at radius 1 is 1.26 bits per heavy atom. The number of aromatic nitrogens is 6. The molecule has 0 spiro atoms. The summed E-state index contributed by atoms with van der Waals surface area (Å²) in [5.74, 6) is 2.98. The average Bonchev–Trinajstić information content (AvgIpc) is 3.57. The van der Waals surface area contributed by atoms with E-state index in [1.165, 1.54) is 0 Å². The molecular formula is C28H35N7O4. The van der Waals surface area contributed by atoms with Crippen molar-refractivity contribution in [1.29, 1.82) is 0 Å². The lowest BCUT2D eigenvalue weighted by atomic mass is 9.92. The van der Waals surface area contributed by atoms with Gasteiger partial charge in [-0.25, -0.2) is 4.98 Å². The molecule has 4 heterocycles. The van der Waals surface area contributed by atoms with Crippen LogP contribution in [-0.2, 0) is 30.2 Å². The number of ether oxygens (including phenoxy) is 2. The van der Waals surface area contributed by atoms with Crippen LogP contribution in [0.5, 0.6) is 17.2 Å². The molecule has 0 radical (unpaired) electrons. The van der Waals surface area contributed by atoms with Gasteiger partial charge in [-0.3, -0.25) is 14.5 Å². The Bertz CT molecular complexity index is 1510. The standard InChI is InChI=1S/C28H35N7O4/c1-16(36)15-35-22(28(2,3)4)13-23(33-35)31-27-32-26-24(34(27)5)25(38-6)21(14-30-26)39-19-9-10-29-18(11-19)12-20(37)17-7-8-17/h9-11,13-14,16-17,36H,7-8,12,15H2,1-6H3,(H,30,31,32,33)/t16-/m1/s1. The van der Waals surface area contributed by atoms with Gasteiger partial charge in [0.15, 0.2) is 23.0 Å². The second-order valence-corrected chi connectivity index (χ2v) is 11.1. The smallest absolute Gasteiger partial charge is 0.211 e. The van der Waals surface area contributed by atoms with Gasteiger partial charge in [-0.15, -0.1) is 0 Å². The highest BCUT2D eigenvalue weighted by atomic mass is 16.5. The molecule has 4 aromatic heterocycles. The molecule has 0 bridgehead atoms. The lowest BCUT2D eigenvalue weighted by molar-refractivity contribution is -0.119. The molecule has 0 amide bonds. The number of methoxy groups -OCH3 is 1. The number of hydrogen-bond acceptors (Lipinski definition) is 9. The first-order valence-corrected chi connectivity index (χ1v) is 13.1. The Hall–Kier alpha value is -3.99. The van der Waals surface area contributed by atoms with Crippen molar-refractivity contribution in [3.63, 3.8) is 0 Å². The number of aliphatic hydroxyl groups is 1. The first-order chi connectivity index (χ1) is 18.5. The van der Waals surface area contributed by atoms with Gasteiger partial charge >= 0.3 is 0 Å². The molecule has 0 saturated heterocycles. The molecule has 11 nitrogen and oxygen atoms in total. The number of fused-ring (bicyclic) bond motifs is 1. The summed E-state index contributed by atoms with van der Waals surface area (Å²) >= 11 is 0. The Balaban J connectivity index is 1.43. The number of nitrogens with zero attached hydrogens (tertiary/aromatic N) is 6. The maximum absolute atomic E-state index is 12.2. The maximum atomic E-state index is 12.2. The summed E-state index contributed by atoms with van der Waals surface area (Å²) in [6.45, 7) is 8.44. The topological polar surface area (TPSA) is 129 Å². The number of Topliss-reactive ketones (excluding diaryl/α,β-unsaturated/α-hetero) is 1.